The number of rotatable bonds is 6. The summed E-state index contributed by atoms with van der Waals surface area (Å²) in [7, 11) is -3.58. The quantitative estimate of drug-likeness (QED) is 0.691. The lowest BCUT2D eigenvalue weighted by Gasteiger charge is -2.46. The molecule has 2 aliphatic rings. The van der Waals surface area contributed by atoms with Gasteiger partial charge in [-0.2, -0.15) is 24.9 Å². The molecular weight excluding hydrogens is 380 g/mol. The lowest BCUT2D eigenvalue weighted by Crippen LogP contribution is -2.50. The van der Waals surface area contributed by atoms with E-state index in [9.17, 15) is 8.42 Å². The first-order valence-corrected chi connectivity index (χ1v) is 12.5. The second-order valence-corrected chi connectivity index (χ2v) is 10.1. The fourth-order valence-corrected chi connectivity index (χ4v) is 6.04. The molecule has 146 valence electrons. The van der Waals surface area contributed by atoms with Crippen molar-refractivity contribution < 1.29 is 12.7 Å². The highest BCUT2D eigenvalue weighted by Gasteiger charge is 2.40. The van der Waals surface area contributed by atoms with Crippen molar-refractivity contribution in [1.29, 1.82) is 0 Å². The van der Waals surface area contributed by atoms with Crippen LogP contribution in [0.1, 0.15) is 23.5 Å². The van der Waals surface area contributed by atoms with Crippen LogP contribution in [0.3, 0.4) is 0 Å². The van der Waals surface area contributed by atoms with E-state index >= 15 is 0 Å². The number of benzene rings is 1. The molecule has 5 nitrogen and oxygen atoms in total. The summed E-state index contributed by atoms with van der Waals surface area (Å²) in [6.45, 7) is 5.94. The van der Waals surface area contributed by atoms with Crippen molar-refractivity contribution in [3.05, 3.63) is 48.2 Å². The largest absolute Gasteiger partial charge is 0.324 e. The number of nitrogens with zero attached hydrogens (tertiary/aromatic N) is 2. The Morgan fingerprint density at radius 1 is 1.41 bits per heavy atom. The molecular formula is C20H26N2O3S2. The van der Waals surface area contributed by atoms with Gasteiger partial charge in [0, 0.05) is 36.6 Å². The summed E-state index contributed by atoms with van der Waals surface area (Å²) in [6.07, 6.45) is 9.19. The number of hydrogen-bond donors (Lipinski definition) is 0. The van der Waals surface area contributed by atoms with Gasteiger partial charge in [-0.25, -0.2) is 0 Å². The number of fused-ring (bicyclic) bond motifs is 2. The molecule has 1 unspecified atom stereocenters. The molecule has 3 atom stereocenters. The Morgan fingerprint density at radius 3 is 2.93 bits per heavy atom. The molecule has 0 saturated carbocycles. The smallest absolute Gasteiger partial charge is 0.296 e. The normalized spacial score (nSPS) is 25.3. The first-order chi connectivity index (χ1) is 12.9. The minimum atomic E-state index is -3.58. The van der Waals surface area contributed by atoms with E-state index in [1.165, 1.54) is 27.7 Å². The van der Waals surface area contributed by atoms with E-state index in [-0.39, 0.29) is 0 Å². The molecule has 2 heterocycles. The predicted octanol–water partition coefficient (Wildman–Crippen LogP) is 2.91. The van der Waals surface area contributed by atoms with Gasteiger partial charge in [0.2, 0.25) is 0 Å². The number of likely N-dealkylation sites (tertiary alicyclic amines) is 1. The van der Waals surface area contributed by atoms with Gasteiger partial charge >= 0.3 is 10.1 Å². The van der Waals surface area contributed by atoms with Gasteiger partial charge in [0.15, 0.2) is 0 Å². The second kappa shape index (κ2) is 7.18. The van der Waals surface area contributed by atoms with Crippen LogP contribution in [-0.4, -0.2) is 55.4 Å². The Bertz CT molecular complexity index is 967. The molecule has 0 N–H and O–H groups in total. The van der Waals surface area contributed by atoms with Crippen LogP contribution in [0.25, 0.3) is 10.9 Å². The van der Waals surface area contributed by atoms with Crippen LogP contribution in [0.5, 0.6) is 0 Å². The Kier molecular flexibility index (Phi) is 5.03. The van der Waals surface area contributed by atoms with E-state index in [4.69, 9.17) is 4.28 Å². The molecule has 4 rings (SSSR count). The molecule has 1 aromatic carbocycles. The maximum atomic E-state index is 11.7. The SMILES string of the molecule is C=CCN1CC(CSC)C[C@H]2c3cccc4c3c(cn4OS(C)(=O)=O)C[C@@H]21. The highest BCUT2D eigenvalue weighted by Crippen LogP contribution is 2.45. The van der Waals surface area contributed by atoms with Crippen LogP contribution in [0, 0.1) is 5.92 Å². The molecule has 1 saturated heterocycles. The van der Waals surface area contributed by atoms with Crippen molar-refractivity contribution in [1.82, 2.24) is 9.63 Å². The molecule has 1 aliphatic heterocycles. The summed E-state index contributed by atoms with van der Waals surface area (Å²) >= 11 is 1.91. The van der Waals surface area contributed by atoms with Crippen LogP contribution in [-0.2, 0) is 16.5 Å². The number of piperidine rings is 1. The standard InChI is InChI=1S/C20H26N2O3S2/c1-4-8-21-11-14(13-26-2)9-17-16-6-5-7-18-20(16)15(10-19(17)21)12-22(18)25-27(3,23)24/h4-7,12,14,17,19H,1,8-11,13H2,2-3H3/t14?,17-,19-/m0/s1. The average molecular weight is 407 g/mol. The Hall–Kier alpha value is -1.44. The number of hydrogen-bond acceptors (Lipinski definition) is 5. The summed E-state index contributed by atoms with van der Waals surface area (Å²) in [4.78, 5) is 2.55. The first kappa shape index (κ1) is 18.9. The number of aromatic nitrogens is 1. The zero-order valence-electron chi connectivity index (χ0n) is 15.8. The highest BCUT2D eigenvalue weighted by atomic mass is 32.2. The third kappa shape index (κ3) is 3.52. The summed E-state index contributed by atoms with van der Waals surface area (Å²) in [5.41, 5.74) is 3.34. The molecule has 1 fully saturated rings. The fraction of sp³-hybridized carbons (Fsp3) is 0.500. The van der Waals surface area contributed by atoms with E-state index in [1.807, 2.05) is 36.2 Å². The van der Waals surface area contributed by atoms with Crippen molar-refractivity contribution in [3.8, 4) is 0 Å². The average Bonchev–Trinajstić information content (AvgIpc) is 2.94. The summed E-state index contributed by atoms with van der Waals surface area (Å²) < 4.78 is 30.0. The lowest BCUT2D eigenvalue weighted by molar-refractivity contribution is 0.105. The predicted molar refractivity (Wildman–Crippen MR) is 112 cm³/mol. The van der Waals surface area contributed by atoms with E-state index in [1.54, 1.807) is 0 Å². The molecule has 0 amide bonds. The maximum Gasteiger partial charge on any atom is 0.324 e. The van der Waals surface area contributed by atoms with Crippen molar-refractivity contribution in [2.24, 2.45) is 5.92 Å². The molecule has 7 heteroatoms. The van der Waals surface area contributed by atoms with Crippen LogP contribution < -0.4 is 4.28 Å². The third-order valence-electron chi connectivity index (χ3n) is 5.73. The van der Waals surface area contributed by atoms with Crippen molar-refractivity contribution in [3.63, 3.8) is 0 Å². The lowest BCUT2D eigenvalue weighted by atomic mass is 9.72. The van der Waals surface area contributed by atoms with Gasteiger partial charge in [-0.05, 0) is 48.0 Å². The van der Waals surface area contributed by atoms with Crippen molar-refractivity contribution in [2.75, 3.05) is 31.4 Å². The van der Waals surface area contributed by atoms with Crippen molar-refractivity contribution >= 4 is 32.8 Å². The molecule has 0 bridgehead atoms. The summed E-state index contributed by atoms with van der Waals surface area (Å²) in [5, 5.41) is 1.17. The van der Waals surface area contributed by atoms with Gasteiger partial charge in [0.25, 0.3) is 0 Å². The number of thioether (sulfide) groups is 1. The molecule has 1 aliphatic carbocycles. The van der Waals surface area contributed by atoms with Gasteiger partial charge in [0.1, 0.15) is 0 Å². The summed E-state index contributed by atoms with van der Waals surface area (Å²) in [5.74, 6) is 2.28. The van der Waals surface area contributed by atoms with Gasteiger partial charge in [0.05, 0.1) is 11.8 Å². The zero-order valence-corrected chi connectivity index (χ0v) is 17.4. The topological polar surface area (TPSA) is 51.5 Å². The van der Waals surface area contributed by atoms with Gasteiger partial charge < -0.3 is 0 Å². The van der Waals surface area contributed by atoms with Crippen molar-refractivity contribution in [2.45, 2.75) is 24.8 Å². The molecule has 1 aromatic heterocycles. The Labute approximate surface area is 165 Å². The Balaban J connectivity index is 1.80. The first-order valence-electron chi connectivity index (χ1n) is 9.28. The van der Waals surface area contributed by atoms with E-state index < -0.39 is 10.1 Å². The van der Waals surface area contributed by atoms with Crippen LogP contribution in [0.4, 0.5) is 0 Å². The molecule has 2 aromatic rings. The maximum absolute atomic E-state index is 11.7. The fourth-order valence-electron chi connectivity index (χ4n) is 4.91. The van der Waals surface area contributed by atoms with Gasteiger partial charge in [-0.15, -0.1) is 6.58 Å². The molecule has 0 spiro atoms. The van der Waals surface area contributed by atoms with E-state index in [2.05, 4.69) is 23.8 Å². The van der Waals surface area contributed by atoms with E-state index in [0.29, 0.717) is 17.9 Å². The Morgan fingerprint density at radius 2 is 2.22 bits per heavy atom. The minimum Gasteiger partial charge on any atom is -0.296 e. The summed E-state index contributed by atoms with van der Waals surface area (Å²) in [6, 6.07) is 6.59. The van der Waals surface area contributed by atoms with Crippen LogP contribution >= 0.6 is 11.8 Å². The third-order valence-corrected chi connectivity index (χ3v) is 6.97. The van der Waals surface area contributed by atoms with Crippen LogP contribution in [0.2, 0.25) is 0 Å². The monoisotopic (exact) mass is 406 g/mol. The van der Waals surface area contributed by atoms with Gasteiger partial charge in [-0.1, -0.05) is 18.2 Å². The second-order valence-electron chi connectivity index (χ2n) is 7.68. The van der Waals surface area contributed by atoms with Crippen LogP contribution in [0.15, 0.2) is 37.1 Å². The van der Waals surface area contributed by atoms with E-state index in [0.717, 1.165) is 37.0 Å². The van der Waals surface area contributed by atoms with Gasteiger partial charge in [-0.3, -0.25) is 9.18 Å². The highest BCUT2D eigenvalue weighted by molar-refractivity contribution is 7.98. The molecule has 0 radical (unpaired) electrons. The molecule has 27 heavy (non-hydrogen) atoms. The zero-order chi connectivity index (χ0) is 19.2. The minimum absolute atomic E-state index is 0.424.